The molecule has 0 aromatic carbocycles. The monoisotopic (exact) mass is 368 g/mol. The fourth-order valence-corrected chi connectivity index (χ4v) is 4.01. The zero-order chi connectivity index (χ0) is 17.2. The number of thiophene rings is 1. The molecule has 9 heteroatoms. The third-order valence-electron chi connectivity index (χ3n) is 3.99. The summed E-state index contributed by atoms with van der Waals surface area (Å²) in [5.74, 6) is 0.0275. The van der Waals surface area contributed by atoms with Gasteiger partial charge in [0.1, 0.15) is 0 Å². The minimum Gasteiger partial charge on any atom is -0.336 e. The second kappa shape index (κ2) is 7.04. The maximum Gasteiger partial charge on any atom is 0.227 e. The fourth-order valence-electron chi connectivity index (χ4n) is 2.80. The molecule has 2 aromatic rings. The highest BCUT2D eigenvalue weighted by Gasteiger charge is 2.26. The van der Waals surface area contributed by atoms with Crippen LogP contribution in [0.5, 0.6) is 0 Å². The van der Waals surface area contributed by atoms with Crippen molar-refractivity contribution >= 4 is 27.3 Å². The van der Waals surface area contributed by atoms with Crippen molar-refractivity contribution in [2.45, 2.75) is 19.5 Å². The Morgan fingerprint density at radius 3 is 2.96 bits per heavy atom. The van der Waals surface area contributed by atoms with Crippen LogP contribution >= 0.6 is 11.3 Å². The zero-order valence-electron chi connectivity index (χ0n) is 13.4. The lowest BCUT2D eigenvalue weighted by atomic mass is 10.1. The predicted molar refractivity (Wildman–Crippen MR) is 92.0 cm³/mol. The number of carbonyl (C=O) groups is 1. The molecule has 1 aliphatic rings. The average molecular weight is 368 g/mol. The lowest BCUT2D eigenvalue weighted by Crippen LogP contribution is -2.39. The van der Waals surface area contributed by atoms with Crippen LogP contribution in [0, 0.1) is 5.92 Å². The number of aromatic nitrogens is 2. The topological polar surface area (TPSA) is 84.3 Å². The van der Waals surface area contributed by atoms with Crippen LogP contribution in [0.25, 0.3) is 0 Å². The van der Waals surface area contributed by atoms with Crippen molar-refractivity contribution in [1.29, 1.82) is 0 Å². The van der Waals surface area contributed by atoms with Crippen molar-refractivity contribution in [1.82, 2.24) is 19.4 Å². The third-order valence-corrected chi connectivity index (χ3v) is 5.41. The largest absolute Gasteiger partial charge is 0.336 e. The Hall–Kier alpha value is -1.71. The van der Waals surface area contributed by atoms with Gasteiger partial charge in [0.2, 0.25) is 15.9 Å². The molecule has 0 radical (unpaired) electrons. The van der Waals surface area contributed by atoms with E-state index >= 15 is 0 Å². The van der Waals surface area contributed by atoms with Crippen molar-refractivity contribution in [3.05, 3.63) is 40.3 Å². The van der Waals surface area contributed by atoms with E-state index in [1.807, 2.05) is 27.6 Å². The molecule has 0 bridgehead atoms. The summed E-state index contributed by atoms with van der Waals surface area (Å²) < 4.78 is 27.1. The molecule has 0 fully saturated rings. The lowest BCUT2D eigenvalue weighted by molar-refractivity contribution is -0.131. The molecular weight excluding hydrogens is 348 g/mol. The summed E-state index contributed by atoms with van der Waals surface area (Å²) in [5, 5.41) is 8.22. The molecule has 3 rings (SSSR count). The Kier molecular flexibility index (Phi) is 5.02. The number of nitrogens with zero attached hydrogens (tertiary/aromatic N) is 3. The fraction of sp³-hybridized carbons (Fsp3) is 0.467. The molecule has 1 atom stereocenters. The van der Waals surface area contributed by atoms with Crippen molar-refractivity contribution in [2.24, 2.45) is 5.92 Å². The standard InChI is InChI=1S/C15H20N4O3S2/c1-24(21,22)17-7-13-8-18(10-14-2-4-16-19(14)9-13)15(20)6-12-3-5-23-11-12/h2-5,11,13,17H,6-10H2,1H3/t13-/m1/s1. The molecule has 3 heterocycles. The van der Waals surface area contributed by atoms with E-state index in [0.29, 0.717) is 32.6 Å². The van der Waals surface area contributed by atoms with Crippen LogP contribution in [0.3, 0.4) is 0 Å². The first-order valence-corrected chi connectivity index (χ1v) is 10.5. The normalized spacial score (nSPS) is 18.2. The Balaban J connectivity index is 1.74. The van der Waals surface area contributed by atoms with Crippen molar-refractivity contribution in [2.75, 3.05) is 19.3 Å². The smallest absolute Gasteiger partial charge is 0.227 e. The van der Waals surface area contributed by atoms with Gasteiger partial charge in [-0.25, -0.2) is 13.1 Å². The van der Waals surface area contributed by atoms with Crippen LogP contribution in [0.1, 0.15) is 11.3 Å². The summed E-state index contributed by atoms with van der Waals surface area (Å²) in [4.78, 5) is 14.5. The van der Waals surface area contributed by atoms with Crippen molar-refractivity contribution < 1.29 is 13.2 Å². The zero-order valence-corrected chi connectivity index (χ0v) is 15.0. The van der Waals surface area contributed by atoms with Gasteiger partial charge < -0.3 is 4.90 Å². The maximum atomic E-state index is 12.7. The van der Waals surface area contributed by atoms with Gasteiger partial charge in [0, 0.05) is 31.7 Å². The summed E-state index contributed by atoms with van der Waals surface area (Å²) in [6, 6.07) is 3.85. The quantitative estimate of drug-likeness (QED) is 0.842. The molecule has 2 aromatic heterocycles. The summed E-state index contributed by atoms with van der Waals surface area (Å²) >= 11 is 1.57. The van der Waals surface area contributed by atoms with Crippen LogP contribution in [0.4, 0.5) is 0 Å². The summed E-state index contributed by atoms with van der Waals surface area (Å²) in [7, 11) is -3.26. The number of amides is 1. The third kappa shape index (κ3) is 4.43. The summed E-state index contributed by atoms with van der Waals surface area (Å²) in [6.45, 7) is 1.89. The number of hydrogen-bond donors (Lipinski definition) is 1. The van der Waals surface area contributed by atoms with Gasteiger partial charge in [0.15, 0.2) is 0 Å². The van der Waals surface area contributed by atoms with Gasteiger partial charge in [-0.15, -0.1) is 0 Å². The Morgan fingerprint density at radius 1 is 1.42 bits per heavy atom. The summed E-state index contributed by atoms with van der Waals surface area (Å²) in [6.07, 6.45) is 3.22. The van der Waals surface area contributed by atoms with E-state index < -0.39 is 10.0 Å². The van der Waals surface area contributed by atoms with Gasteiger partial charge in [-0.1, -0.05) is 0 Å². The van der Waals surface area contributed by atoms with Crippen LogP contribution < -0.4 is 4.72 Å². The van der Waals surface area contributed by atoms with Gasteiger partial charge in [-0.2, -0.15) is 16.4 Å². The molecule has 1 amide bonds. The minimum atomic E-state index is -3.26. The van der Waals surface area contributed by atoms with Crippen LogP contribution in [0.2, 0.25) is 0 Å². The Labute approximate surface area is 145 Å². The first-order valence-electron chi connectivity index (χ1n) is 7.65. The molecular formula is C15H20N4O3S2. The van der Waals surface area contributed by atoms with Crippen molar-refractivity contribution in [3.63, 3.8) is 0 Å². The highest BCUT2D eigenvalue weighted by molar-refractivity contribution is 7.88. The maximum absolute atomic E-state index is 12.7. The summed E-state index contributed by atoms with van der Waals surface area (Å²) in [5.41, 5.74) is 1.98. The first kappa shape index (κ1) is 17.1. The molecule has 0 aliphatic carbocycles. The van der Waals surface area contributed by atoms with E-state index in [1.54, 1.807) is 22.4 Å². The number of hydrogen-bond acceptors (Lipinski definition) is 5. The SMILES string of the molecule is CS(=O)(=O)NC[C@@H]1CN(C(=O)Cc2ccsc2)Cc2ccnn2C1. The number of carbonyl (C=O) groups excluding carboxylic acids is 1. The van der Waals surface area contributed by atoms with Crippen molar-refractivity contribution in [3.8, 4) is 0 Å². The van der Waals surface area contributed by atoms with E-state index in [-0.39, 0.29) is 11.8 Å². The second-order valence-corrected chi connectivity index (χ2v) is 8.69. The van der Waals surface area contributed by atoms with Gasteiger partial charge in [-0.05, 0) is 28.5 Å². The number of fused-ring (bicyclic) bond motifs is 1. The molecule has 1 aliphatic heterocycles. The minimum absolute atomic E-state index is 0.0210. The molecule has 0 saturated heterocycles. The van der Waals surface area contributed by atoms with Gasteiger partial charge >= 0.3 is 0 Å². The molecule has 130 valence electrons. The number of nitrogens with one attached hydrogen (secondary N) is 1. The van der Waals surface area contributed by atoms with Crippen LogP contribution in [-0.4, -0.2) is 48.4 Å². The van der Waals surface area contributed by atoms with Gasteiger partial charge in [0.05, 0.1) is 24.9 Å². The van der Waals surface area contributed by atoms with Crippen LogP contribution in [0.15, 0.2) is 29.1 Å². The van der Waals surface area contributed by atoms with Gasteiger partial charge in [0.25, 0.3) is 0 Å². The second-order valence-electron chi connectivity index (χ2n) is 6.07. The van der Waals surface area contributed by atoms with E-state index in [0.717, 1.165) is 17.5 Å². The molecule has 0 spiro atoms. The Bertz CT molecular complexity index is 799. The molecule has 1 N–H and O–H groups in total. The Morgan fingerprint density at radius 2 is 2.25 bits per heavy atom. The van der Waals surface area contributed by atoms with Crippen LogP contribution in [-0.2, 0) is 34.3 Å². The highest BCUT2D eigenvalue weighted by Crippen LogP contribution is 2.17. The molecule has 24 heavy (non-hydrogen) atoms. The highest BCUT2D eigenvalue weighted by atomic mass is 32.2. The average Bonchev–Trinajstić information content (AvgIpc) is 3.13. The van der Waals surface area contributed by atoms with E-state index in [2.05, 4.69) is 9.82 Å². The molecule has 7 nitrogen and oxygen atoms in total. The van der Waals surface area contributed by atoms with Gasteiger partial charge in [-0.3, -0.25) is 9.48 Å². The number of rotatable bonds is 5. The van der Waals surface area contributed by atoms with E-state index in [1.165, 1.54) is 0 Å². The molecule has 0 unspecified atom stereocenters. The predicted octanol–water partition coefficient (Wildman–Crippen LogP) is 0.695. The lowest BCUT2D eigenvalue weighted by Gasteiger charge is -2.24. The number of sulfonamides is 1. The van der Waals surface area contributed by atoms with E-state index in [9.17, 15) is 13.2 Å². The van der Waals surface area contributed by atoms with E-state index in [4.69, 9.17) is 0 Å². The first-order chi connectivity index (χ1) is 11.4. The molecule has 0 saturated carbocycles.